The number of piperazine rings is 1. The largest absolute Gasteiger partial charge is 0.481 e. The molecule has 114 valence electrons. The van der Waals surface area contributed by atoms with Crippen LogP contribution in [0.3, 0.4) is 0 Å². The van der Waals surface area contributed by atoms with Crippen molar-refractivity contribution in [2.75, 3.05) is 39.8 Å². The monoisotopic (exact) mass is 283 g/mol. The maximum Gasteiger partial charge on any atom is 0.317 e. The highest BCUT2D eigenvalue weighted by atomic mass is 16.4. The number of urea groups is 1. The Hall–Kier alpha value is -1.30. The van der Waals surface area contributed by atoms with E-state index in [1.807, 2.05) is 4.90 Å². The lowest BCUT2D eigenvalue weighted by atomic mass is 9.79. The summed E-state index contributed by atoms with van der Waals surface area (Å²) in [5.41, 5.74) is 0. The summed E-state index contributed by atoms with van der Waals surface area (Å²) in [6.45, 7) is 3.77. The lowest BCUT2D eigenvalue weighted by Gasteiger charge is -2.34. The Labute approximate surface area is 120 Å². The molecule has 2 amide bonds. The first-order chi connectivity index (χ1) is 9.58. The molecule has 1 heterocycles. The summed E-state index contributed by atoms with van der Waals surface area (Å²) in [4.78, 5) is 27.3. The standard InChI is InChI=1S/C14H25N3O3/c1-16-6-8-17(9-7-16)14(20)15-10-11-4-2-3-5-12(11)13(18)19/h11-12H,2-10H2,1H3,(H,15,20)(H,18,19). The maximum absolute atomic E-state index is 12.1. The molecule has 0 bridgehead atoms. The summed E-state index contributed by atoms with van der Waals surface area (Å²) < 4.78 is 0. The van der Waals surface area contributed by atoms with Gasteiger partial charge in [0.05, 0.1) is 5.92 Å². The Kier molecular flexibility index (Phi) is 5.23. The summed E-state index contributed by atoms with van der Waals surface area (Å²) in [6, 6.07) is -0.0483. The average Bonchev–Trinajstić information content (AvgIpc) is 2.45. The number of carbonyl (C=O) groups is 2. The molecule has 20 heavy (non-hydrogen) atoms. The third kappa shape index (κ3) is 3.85. The molecule has 0 aromatic heterocycles. The molecule has 2 aliphatic rings. The Morgan fingerprint density at radius 2 is 1.80 bits per heavy atom. The predicted octanol–water partition coefficient (Wildman–Crippen LogP) is 0.834. The fourth-order valence-electron chi connectivity index (χ4n) is 3.12. The second kappa shape index (κ2) is 6.92. The van der Waals surface area contributed by atoms with Crippen molar-refractivity contribution >= 4 is 12.0 Å². The van der Waals surface area contributed by atoms with E-state index in [9.17, 15) is 14.7 Å². The van der Waals surface area contributed by atoms with Gasteiger partial charge < -0.3 is 20.2 Å². The molecule has 6 nitrogen and oxygen atoms in total. The van der Waals surface area contributed by atoms with Gasteiger partial charge in [-0.05, 0) is 25.8 Å². The van der Waals surface area contributed by atoms with E-state index in [4.69, 9.17) is 0 Å². The van der Waals surface area contributed by atoms with Gasteiger partial charge in [-0.1, -0.05) is 12.8 Å². The highest BCUT2D eigenvalue weighted by Crippen LogP contribution is 2.29. The van der Waals surface area contributed by atoms with Gasteiger partial charge in [0, 0.05) is 32.7 Å². The normalized spacial score (nSPS) is 28.1. The first-order valence-corrected chi connectivity index (χ1v) is 7.52. The third-order valence-electron chi connectivity index (χ3n) is 4.53. The molecule has 0 aromatic carbocycles. The average molecular weight is 283 g/mol. The fraction of sp³-hybridized carbons (Fsp3) is 0.857. The molecular weight excluding hydrogens is 258 g/mol. The van der Waals surface area contributed by atoms with Gasteiger partial charge in [0.1, 0.15) is 0 Å². The maximum atomic E-state index is 12.1. The van der Waals surface area contributed by atoms with Gasteiger partial charge in [-0.25, -0.2) is 4.79 Å². The number of nitrogens with zero attached hydrogens (tertiary/aromatic N) is 2. The minimum Gasteiger partial charge on any atom is -0.481 e. The van der Waals surface area contributed by atoms with E-state index in [1.165, 1.54) is 0 Å². The number of likely N-dealkylation sites (N-methyl/N-ethyl adjacent to an activating group) is 1. The van der Waals surface area contributed by atoms with Crippen molar-refractivity contribution in [3.05, 3.63) is 0 Å². The quantitative estimate of drug-likeness (QED) is 0.805. The molecule has 0 spiro atoms. The highest BCUT2D eigenvalue weighted by molar-refractivity contribution is 5.74. The van der Waals surface area contributed by atoms with E-state index in [0.29, 0.717) is 6.54 Å². The molecule has 0 radical (unpaired) electrons. The Morgan fingerprint density at radius 3 is 2.45 bits per heavy atom. The van der Waals surface area contributed by atoms with E-state index >= 15 is 0 Å². The van der Waals surface area contributed by atoms with Crippen LogP contribution in [0.2, 0.25) is 0 Å². The zero-order valence-corrected chi connectivity index (χ0v) is 12.2. The van der Waals surface area contributed by atoms with Crippen LogP contribution in [0.5, 0.6) is 0 Å². The minimum absolute atomic E-state index is 0.0483. The SMILES string of the molecule is CN1CCN(C(=O)NCC2CCCCC2C(=O)O)CC1. The Morgan fingerprint density at radius 1 is 1.15 bits per heavy atom. The molecule has 2 atom stereocenters. The van der Waals surface area contributed by atoms with Crippen LogP contribution in [-0.4, -0.2) is 66.7 Å². The molecule has 2 fully saturated rings. The van der Waals surface area contributed by atoms with Crippen LogP contribution in [0.25, 0.3) is 0 Å². The lowest BCUT2D eigenvalue weighted by Crippen LogP contribution is -2.51. The van der Waals surface area contributed by atoms with E-state index in [1.54, 1.807) is 0 Å². The number of nitrogens with one attached hydrogen (secondary N) is 1. The molecule has 2 N–H and O–H groups in total. The van der Waals surface area contributed by atoms with E-state index in [0.717, 1.165) is 51.9 Å². The molecule has 1 saturated heterocycles. The number of hydrogen-bond acceptors (Lipinski definition) is 3. The van der Waals surface area contributed by atoms with Crippen LogP contribution in [0.4, 0.5) is 4.79 Å². The van der Waals surface area contributed by atoms with Gasteiger partial charge in [0.25, 0.3) is 0 Å². The number of aliphatic carboxylic acids is 1. The van der Waals surface area contributed by atoms with E-state index in [2.05, 4.69) is 17.3 Å². The van der Waals surface area contributed by atoms with Crippen LogP contribution in [0.15, 0.2) is 0 Å². The molecule has 2 unspecified atom stereocenters. The topological polar surface area (TPSA) is 72.9 Å². The van der Waals surface area contributed by atoms with E-state index in [-0.39, 0.29) is 17.9 Å². The van der Waals surface area contributed by atoms with Crippen LogP contribution >= 0.6 is 0 Å². The number of hydrogen-bond donors (Lipinski definition) is 2. The molecule has 1 aliphatic heterocycles. The van der Waals surface area contributed by atoms with Crippen molar-refractivity contribution in [3.63, 3.8) is 0 Å². The second-order valence-electron chi connectivity index (χ2n) is 5.97. The second-order valence-corrected chi connectivity index (χ2v) is 5.97. The Balaban J connectivity index is 1.78. The van der Waals surface area contributed by atoms with Crippen molar-refractivity contribution in [2.45, 2.75) is 25.7 Å². The predicted molar refractivity (Wildman–Crippen MR) is 75.6 cm³/mol. The van der Waals surface area contributed by atoms with Gasteiger partial charge in [-0.2, -0.15) is 0 Å². The molecule has 1 aliphatic carbocycles. The zero-order chi connectivity index (χ0) is 14.5. The Bertz CT molecular complexity index is 354. The zero-order valence-electron chi connectivity index (χ0n) is 12.2. The third-order valence-corrected chi connectivity index (χ3v) is 4.53. The van der Waals surface area contributed by atoms with Crippen molar-refractivity contribution in [3.8, 4) is 0 Å². The number of carbonyl (C=O) groups excluding carboxylic acids is 1. The first-order valence-electron chi connectivity index (χ1n) is 7.52. The van der Waals surface area contributed by atoms with Gasteiger partial charge in [-0.3, -0.25) is 4.79 Å². The minimum atomic E-state index is -0.719. The fourth-order valence-corrected chi connectivity index (χ4v) is 3.12. The first kappa shape index (κ1) is 15.1. The number of carboxylic acid groups (broad SMARTS) is 1. The number of amides is 2. The van der Waals surface area contributed by atoms with Crippen LogP contribution in [0.1, 0.15) is 25.7 Å². The lowest BCUT2D eigenvalue weighted by molar-refractivity contribution is -0.144. The van der Waals surface area contributed by atoms with Gasteiger partial charge in [0.15, 0.2) is 0 Å². The molecule has 2 rings (SSSR count). The van der Waals surface area contributed by atoms with Crippen LogP contribution < -0.4 is 5.32 Å². The summed E-state index contributed by atoms with van der Waals surface area (Å²) in [5.74, 6) is -0.933. The van der Waals surface area contributed by atoms with Crippen molar-refractivity contribution in [1.29, 1.82) is 0 Å². The van der Waals surface area contributed by atoms with Crippen LogP contribution in [-0.2, 0) is 4.79 Å². The van der Waals surface area contributed by atoms with Crippen molar-refractivity contribution < 1.29 is 14.7 Å². The molecular formula is C14H25N3O3. The summed E-state index contributed by atoms with van der Waals surface area (Å²) in [7, 11) is 2.05. The molecule has 0 aromatic rings. The molecule has 1 saturated carbocycles. The van der Waals surface area contributed by atoms with Crippen molar-refractivity contribution in [2.24, 2.45) is 11.8 Å². The summed E-state index contributed by atoms with van der Waals surface area (Å²) in [5, 5.41) is 12.2. The summed E-state index contributed by atoms with van der Waals surface area (Å²) in [6.07, 6.45) is 3.70. The van der Waals surface area contributed by atoms with E-state index < -0.39 is 5.97 Å². The molecule has 6 heteroatoms. The summed E-state index contributed by atoms with van der Waals surface area (Å²) >= 11 is 0. The number of rotatable bonds is 3. The van der Waals surface area contributed by atoms with Crippen LogP contribution in [0, 0.1) is 11.8 Å². The highest BCUT2D eigenvalue weighted by Gasteiger charge is 2.31. The smallest absolute Gasteiger partial charge is 0.317 e. The van der Waals surface area contributed by atoms with Gasteiger partial charge >= 0.3 is 12.0 Å². The van der Waals surface area contributed by atoms with Crippen molar-refractivity contribution in [1.82, 2.24) is 15.1 Å². The van der Waals surface area contributed by atoms with Gasteiger partial charge in [-0.15, -0.1) is 0 Å². The number of carboxylic acids is 1. The van der Waals surface area contributed by atoms with Gasteiger partial charge in [0.2, 0.25) is 0 Å².